The lowest BCUT2D eigenvalue weighted by atomic mass is 10.1. The highest BCUT2D eigenvalue weighted by molar-refractivity contribution is 8.00. The van der Waals surface area contributed by atoms with Gasteiger partial charge in [0.05, 0.1) is 13.2 Å². The Labute approximate surface area is 99.8 Å². The lowest BCUT2D eigenvalue weighted by Crippen LogP contribution is -2.31. The fourth-order valence-corrected chi connectivity index (χ4v) is 2.16. The van der Waals surface area contributed by atoms with Crippen LogP contribution >= 0.6 is 11.8 Å². The van der Waals surface area contributed by atoms with Crippen LogP contribution in [0, 0.1) is 0 Å². The van der Waals surface area contributed by atoms with Crippen LogP contribution in [0.2, 0.25) is 0 Å². The van der Waals surface area contributed by atoms with Crippen molar-refractivity contribution in [2.24, 2.45) is 0 Å². The molecule has 1 unspecified atom stereocenters. The first-order valence-electron chi connectivity index (χ1n) is 5.31. The van der Waals surface area contributed by atoms with E-state index in [0.717, 1.165) is 17.1 Å². The zero-order chi connectivity index (χ0) is 11.5. The summed E-state index contributed by atoms with van der Waals surface area (Å²) >= 11 is 1.86. The second-order valence-electron chi connectivity index (χ2n) is 3.83. The molecule has 1 saturated heterocycles. The largest absolute Gasteiger partial charge is 0.493 e. The highest BCUT2D eigenvalue weighted by atomic mass is 32.2. The Kier molecular flexibility index (Phi) is 3.61. The van der Waals surface area contributed by atoms with Gasteiger partial charge in [0, 0.05) is 17.1 Å². The Morgan fingerprint density at radius 1 is 1.44 bits per heavy atom. The Bertz CT molecular complexity index is 361. The number of ether oxygens (including phenoxy) is 2. The van der Waals surface area contributed by atoms with Crippen molar-refractivity contribution in [2.75, 3.05) is 18.6 Å². The molecule has 1 atom stereocenters. The fourth-order valence-electron chi connectivity index (χ4n) is 1.60. The first kappa shape index (κ1) is 11.6. The minimum absolute atomic E-state index is 0.249. The second kappa shape index (κ2) is 4.97. The van der Waals surface area contributed by atoms with Gasteiger partial charge in [-0.2, -0.15) is 11.8 Å². The Morgan fingerprint density at radius 2 is 2.19 bits per heavy atom. The average Bonchev–Trinajstić information content (AvgIpc) is 2.22. The molecule has 1 N–H and O–H groups in total. The van der Waals surface area contributed by atoms with Crippen LogP contribution in [0.25, 0.3) is 0 Å². The molecule has 1 aliphatic rings. The van der Waals surface area contributed by atoms with Gasteiger partial charge in [-0.05, 0) is 13.0 Å². The van der Waals surface area contributed by atoms with Crippen molar-refractivity contribution in [3.8, 4) is 11.5 Å². The maximum absolute atomic E-state index is 9.69. The molecule has 16 heavy (non-hydrogen) atoms. The van der Waals surface area contributed by atoms with Crippen molar-refractivity contribution in [3.63, 3.8) is 0 Å². The molecule has 1 fully saturated rings. The summed E-state index contributed by atoms with van der Waals surface area (Å²) in [6, 6.07) is 5.59. The molecular formula is C12H16O3S. The van der Waals surface area contributed by atoms with Gasteiger partial charge >= 0.3 is 0 Å². The third-order valence-corrected chi connectivity index (χ3v) is 3.79. The van der Waals surface area contributed by atoms with E-state index in [-0.39, 0.29) is 6.10 Å². The number of rotatable bonds is 4. The number of aliphatic hydroxyl groups excluding tert-OH is 1. The summed E-state index contributed by atoms with van der Waals surface area (Å²) in [6.45, 7) is 1.73. The Hall–Kier alpha value is -0.870. The molecule has 0 aliphatic carbocycles. The van der Waals surface area contributed by atoms with Crippen LogP contribution in [0.1, 0.15) is 18.6 Å². The van der Waals surface area contributed by atoms with Gasteiger partial charge in [0.15, 0.2) is 11.5 Å². The van der Waals surface area contributed by atoms with Crippen molar-refractivity contribution < 1.29 is 14.6 Å². The van der Waals surface area contributed by atoms with E-state index in [2.05, 4.69) is 0 Å². The van der Waals surface area contributed by atoms with E-state index in [4.69, 9.17) is 9.47 Å². The van der Waals surface area contributed by atoms with Gasteiger partial charge in [0.1, 0.15) is 6.10 Å². The van der Waals surface area contributed by atoms with Crippen LogP contribution in [0.3, 0.4) is 0 Å². The van der Waals surface area contributed by atoms with E-state index in [1.54, 1.807) is 14.0 Å². The summed E-state index contributed by atoms with van der Waals surface area (Å²) in [5.41, 5.74) is 0.788. The van der Waals surface area contributed by atoms with Crippen molar-refractivity contribution in [2.45, 2.75) is 19.1 Å². The van der Waals surface area contributed by atoms with Gasteiger partial charge in [0.25, 0.3) is 0 Å². The molecule has 0 bridgehead atoms. The van der Waals surface area contributed by atoms with Gasteiger partial charge in [-0.15, -0.1) is 0 Å². The number of methoxy groups -OCH3 is 1. The molecule has 1 aromatic rings. The molecule has 4 heteroatoms. The maximum atomic E-state index is 9.69. The van der Waals surface area contributed by atoms with Gasteiger partial charge in [0.2, 0.25) is 0 Å². The van der Waals surface area contributed by atoms with Gasteiger partial charge in [-0.1, -0.05) is 12.1 Å². The first-order chi connectivity index (χ1) is 7.72. The zero-order valence-corrected chi connectivity index (χ0v) is 10.3. The summed E-state index contributed by atoms with van der Waals surface area (Å²) in [4.78, 5) is 0. The predicted molar refractivity (Wildman–Crippen MR) is 65.4 cm³/mol. The molecule has 3 nitrogen and oxygen atoms in total. The van der Waals surface area contributed by atoms with Crippen molar-refractivity contribution in [3.05, 3.63) is 23.8 Å². The van der Waals surface area contributed by atoms with Crippen molar-refractivity contribution in [1.29, 1.82) is 0 Å². The van der Waals surface area contributed by atoms with E-state index in [0.29, 0.717) is 11.5 Å². The SMILES string of the molecule is COc1cccc(C(C)O)c1OC1CSC1. The second-order valence-corrected chi connectivity index (χ2v) is 4.91. The maximum Gasteiger partial charge on any atom is 0.167 e. The third kappa shape index (κ3) is 2.28. The molecule has 0 aromatic heterocycles. The lowest BCUT2D eigenvalue weighted by molar-refractivity contribution is 0.178. The number of hydrogen-bond acceptors (Lipinski definition) is 4. The van der Waals surface area contributed by atoms with Crippen LogP contribution < -0.4 is 9.47 Å². The molecule has 0 spiro atoms. The minimum Gasteiger partial charge on any atom is -0.493 e. The highest BCUT2D eigenvalue weighted by Crippen LogP contribution is 2.37. The Balaban J connectivity index is 2.28. The molecular weight excluding hydrogens is 224 g/mol. The third-order valence-electron chi connectivity index (χ3n) is 2.57. The molecule has 1 heterocycles. The summed E-state index contributed by atoms with van der Waals surface area (Å²) in [5, 5.41) is 9.69. The van der Waals surface area contributed by atoms with Gasteiger partial charge in [-0.3, -0.25) is 0 Å². The molecule has 1 aliphatic heterocycles. The van der Waals surface area contributed by atoms with E-state index < -0.39 is 6.10 Å². The predicted octanol–water partition coefficient (Wildman–Crippen LogP) is 2.24. The number of benzene rings is 1. The smallest absolute Gasteiger partial charge is 0.167 e. The zero-order valence-electron chi connectivity index (χ0n) is 9.47. The quantitative estimate of drug-likeness (QED) is 0.876. The monoisotopic (exact) mass is 240 g/mol. The van der Waals surface area contributed by atoms with Gasteiger partial charge < -0.3 is 14.6 Å². The molecule has 0 amide bonds. The van der Waals surface area contributed by atoms with E-state index in [1.807, 2.05) is 30.0 Å². The molecule has 0 saturated carbocycles. The van der Waals surface area contributed by atoms with Crippen molar-refractivity contribution in [1.82, 2.24) is 0 Å². The molecule has 2 rings (SSSR count). The van der Waals surface area contributed by atoms with Crippen LogP contribution in [-0.4, -0.2) is 29.8 Å². The van der Waals surface area contributed by atoms with Crippen molar-refractivity contribution >= 4 is 11.8 Å². The summed E-state index contributed by atoms with van der Waals surface area (Å²) in [5.74, 6) is 3.40. The topological polar surface area (TPSA) is 38.7 Å². The summed E-state index contributed by atoms with van der Waals surface area (Å²) < 4.78 is 11.1. The number of para-hydroxylation sites is 1. The van der Waals surface area contributed by atoms with Crippen LogP contribution in [0.15, 0.2) is 18.2 Å². The molecule has 1 aromatic carbocycles. The highest BCUT2D eigenvalue weighted by Gasteiger charge is 2.24. The van der Waals surface area contributed by atoms with Crippen LogP contribution in [0.5, 0.6) is 11.5 Å². The minimum atomic E-state index is -0.544. The van der Waals surface area contributed by atoms with Crippen LogP contribution in [-0.2, 0) is 0 Å². The van der Waals surface area contributed by atoms with E-state index >= 15 is 0 Å². The average molecular weight is 240 g/mol. The standard InChI is InChI=1S/C12H16O3S/c1-8(13)10-4-3-5-11(14-2)12(10)15-9-6-16-7-9/h3-5,8-9,13H,6-7H2,1-2H3. The summed E-state index contributed by atoms with van der Waals surface area (Å²) in [6.07, 6.45) is -0.295. The van der Waals surface area contributed by atoms with E-state index in [9.17, 15) is 5.11 Å². The fraction of sp³-hybridized carbons (Fsp3) is 0.500. The van der Waals surface area contributed by atoms with Crippen LogP contribution in [0.4, 0.5) is 0 Å². The first-order valence-corrected chi connectivity index (χ1v) is 6.47. The lowest BCUT2D eigenvalue weighted by Gasteiger charge is -2.28. The molecule has 88 valence electrons. The van der Waals surface area contributed by atoms with E-state index in [1.165, 1.54) is 0 Å². The normalized spacial score (nSPS) is 17.7. The molecule has 0 radical (unpaired) electrons. The number of hydrogen-bond donors (Lipinski definition) is 1. The number of thioether (sulfide) groups is 1. The Morgan fingerprint density at radius 3 is 2.69 bits per heavy atom. The number of aliphatic hydroxyl groups is 1. The van der Waals surface area contributed by atoms with Gasteiger partial charge in [-0.25, -0.2) is 0 Å². The summed E-state index contributed by atoms with van der Waals surface area (Å²) in [7, 11) is 1.61.